The van der Waals surface area contributed by atoms with Gasteiger partial charge in [-0.1, -0.05) is 0 Å². The second-order valence-corrected chi connectivity index (χ2v) is 5.67. The summed E-state index contributed by atoms with van der Waals surface area (Å²) in [6.07, 6.45) is 1.37. The molecule has 0 atom stereocenters. The van der Waals surface area contributed by atoms with E-state index in [4.69, 9.17) is 4.42 Å². The number of hydrogen-bond donors (Lipinski definition) is 1. The maximum absolute atomic E-state index is 12.1. The van der Waals surface area contributed by atoms with Crippen LogP contribution in [-0.4, -0.2) is 35.4 Å². The van der Waals surface area contributed by atoms with Crippen LogP contribution in [0.3, 0.4) is 0 Å². The molecule has 0 saturated carbocycles. The van der Waals surface area contributed by atoms with E-state index in [2.05, 4.69) is 15.1 Å². The van der Waals surface area contributed by atoms with Gasteiger partial charge < -0.3 is 9.52 Å². The molecule has 0 aliphatic heterocycles. The second kappa shape index (κ2) is 5.66. The molecular weight excluding hydrogens is 338 g/mol. The lowest BCUT2D eigenvalue weighted by Gasteiger charge is -2.03. The Morgan fingerprint density at radius 1 is 1.19 bits per heavy atom. The van der Waals surface area contributed by atoms with Crippen molar-refractivity contribution in [2.45, 2.75) is 6.92 Å². The largest absolute Gasteiger partial charge is 0.476 e. The summed E-state index contributed by atoms with van der Waals surface area (Å²) in [6.45, 7) is 1.75. The summed E-state index contributed by atoms with van der Waals surface area (Å²) in [6, 6.07) is 8.56. The standard InChI is InChI=1S/C17H13N5O4/c1-9-20-21(2)17(25)22(9)11-5-3-10(4-6-11)15-19-12-7-8-18-13(16(23)24)14(12)26-15/h3-8H,1-2H3,(H,23,24). The number of pyridine rings is 1. The Kier molecular flexibility index (Phi) is 3.43. The smallest absolute Gasteiger partial charge is 0.358 e. The van der Waals surface area contributed by atoms with E-state index in [0.717, 1.165) is 0 Å². The van der Waals surface area contributed by atoms with Crippen LogP contribution >= 0.6 is 0 Å². The van der Waals surface area contributed by atoms with Gasteiger partial charge in [0.1, 0.15) is 11.3 Å². The van der Waals surface area contributed by atoms with Gasteiger partial charge in [-0.3, -0.25) is 0 Å². The van der Waals surface area contributed by atoms with Crippen molar-refractivity contribution < 1.29 is 14.3 Å². The van der Waals surface area contributed by atoms with Gasteiger partial charge in [-0.05, 0) is 37.3 Å². The van der Waals surface area contributed by atoms with Crippen LogP contribution in [0.25, 0.3) is 28.2 Å². The van der Waals surface area contributed by atoms with Crippen molar-refractivity contribution in [2.24, 2.45) is 7.05 Å². The molecule has 4 rings (SSSR count). The van der Waals surface area contributed by atoms with E-state index in [0.29, 0.717) is 22.6 Å². The van der Waals surface area contributed by atoms with Crippen molar-refractivity contribution >= 4 is 17.1 Å². The van der Waals surface area contributed by atoms with Gasteiger partial charge in [0.2, 0.25) is 5.89 Å². The topological polar surface area (TPSA) is 116 Å². The summed E-state index contributed by atoms with van der Waals surface area (Å²) >= 11 is 0. The average Bonchev–Trinajstić information content (AvgIpc) is 3.16. The van der Waals surface area contributed by atoms with Crippen molar-refractivity contribution in [2.75, 3.05) is 0 Å². The summed E-state index contributed by atoms with van der Waals surface area (Å²) in [7, 11) is 1.59. The number of aromatic nitrogens is 5. The van der Waals surface area contributed by atoms with Crippen molar-refractivity contribution in [3.63, 3.8) is 0 Å². The van der Waals surface area contributed by atoms with Gasteiger partial charge >= 0.3 is 11.7 Å². The molecule has 130 valence electrons. The lowest BCUT2D eigenvalue weighted by molar-refractivity contribution is 0.0691. The third-order valence-electron chi connectivity index (χ3n) is 3.97. The van der Waals surface area contributed by atoms with Crippen LogP contribution in [-0.2, 0) is 7.05 Å². The molecule has 0 radical (unpaired) electrons. The van der Waals surface area contributed by atoms with Crippen molar-refractivity contribution in [3.8, 4) is 17.1 Å². The molecule has 0 aliphatic carbocycles. The fourth-order valence-electron chi connectivity index (χ4n) is 2.77. The third-order valence-corrected chi connectivity index (χ3v) is 3.97. The number of carboxylic acid groups (broad SMARTS) is 1. The summed E-state index contributed by atoms with van der Waals surface area (Å²) in [5, 5.41) is 13.3. The van der Waals surface area contributed by atoms with Crippen LogP contribution in [0.1, 0.15) is 16.3 Å². The van der Waals surface area contributed by atoms with Crippen LogP contribution in [0.4, 0.5) is 0 Å². The first kappa shape index (κ1) is 15.8. The molecule has 0 fully saturated rings. The van der Waals surface area contributed by atoms with Crippen LogP contribution in [0.5, 0.6) is 0 Å². The predicted octanol–water partition coefficient (Wildman–Crippen LogP) is 1.78. The van der Waals surface area contributed by atoms with Gasteiger partial charge in [-0.25, -0.2) is 28.8 Å². The Labute approximate surface area is 146 Å². The number of fused-ring (bicyclic) bond motifs is 1. The molecule has 3 aromatic heterocycles. The van der Waals surface area contributed by atoms with E-state index >= 15 is 0 Å². The molecule has 26 heavy (non-hydrogen) atoms. The monoisotopic (exact) mass is 351 g/mol. The number of aromatic carboxylic acids is 1. The van der Waals surface area contributed by atoms with E-state index in [1.165, 1.54) is 15.4 Å². The van der Waals surface area contributed by atoms with Crippen molar-refractivity contribution in [1.29, 1.82) is 0 Å². The predicted molar refractivity (Wildman–Crippen MR) is 91.3 cm³/mol. The normalized spacial score (nSPS) is 11.2. The quantitative estimate of drug-likeness (QED) is 0.598. The number of rotatable bonds is 3. The van der Waals surface area contributed by atoms with Gasteiger partial charge in [0.05, 0.1) is 5.69 Å². The first-order chi connectivity index (χ1) is 12.5. The average molecular weight is 351 g/mol. The number of benzene rings is 1. The number of nitrogens with zero attached hydrogens (tertiary/aromatic N) is 5. The minimum Gasteiger partial charge on any atom is -0.476 e. The van der Waals surface area contributed by atoms with Gasteiger partial charge in [0.15, 0.2) is 11.3 Å². The van der Waals surface area contributed by atoms with E-state index in [-0.39, 0.29) is 22.9 Å². The molecule has 0 spiro atoms. The highest BCUT2D eigenvalue weighted by Crippen LogP contribution is 2.26. The first-order valence-corrected chi connectivity index (χ1v) is 7.68. The molecule has 9 heteroatoms. The molecule has 0 unspecified atom stereocenters. The maximum atomic E-state index is 12.1. The zero-order chi connectivity index (χ0) is 18.4. The fourth-order valence-corrected chi connectivity index (χ4v) is 2.77. The molecule has 0 amide bonds. The Bertz CT molecular complexity index is 1200. The molecule has 1 N–H and O–H groups in total. The molecule has 4 aromatic rings. The van der Waals surface area contributed by atoms with Crippen LogP contribution in [0, 0.1) is 6.92 Å². The zero-order valence-electron chi connectivity index (χ0n) is 13.9. The van der Waals surface area contributed by atoms with Crippen LogP contribution in [0.15, 0.2) is 45.7 Å². The van der Waals surface area contributed by atoms with Crippen LogP contribution < -0.4 is 5.69 Å². The number of carboxylic acids is 1. The lowest BCUT2D eigenvalue weighted by atomic mass is 10.2. The fraction of sp³-hybridized carbons (Fsp3) is 0.118. The molecular formula is C17H13N5O4. The number of aryl methyl sites for hydroxylation is 2. The highest BCUT2D eigenvalue weighted by Gasteiger charge is 2.17. The summed E-state index contributed by atoms with van der Waals surface area (Å²) in [4.78, 5) is 31.5. The maximum Gasteiger partial charge on any atom is 0.358 e. The Morgan fingerprint density at radius 2 is 1.92 bits per heavy atom. The molecule has 0 bridgehead atoms. The van der Waals surface area contributed by atoms with E-state index in [9.17, 15) is 14.7 Å². The molecule has 1 aromatic carbocycles. The minimum atomic E-state index is -1.18. The van der Waals surface area contributed by atoms with E-state index < -0.39 is 5.97 Å². The first-order valence-electron chi connectivity index (χ1n) is 7.68. The molecule has 0 saturated heterocycles. The molecule has 0 aliphatic rings. The Hall–Kier alpha value is -3.75. The minimum absolute atomic E-state index is 0.124. The molecule has 9 nitrogen and oxygen atoms in total. The number of hydrogen-bond acceptors (Lipinski definition) is 6. The molecule has 3 heterocycles. The van der Waals surface area contributed by atoms with Crippen molar-refractivity contribution in [3.05, 3.63) is 58.5 Å². The second-order valence-electron chi connectivity index (χ2n) is 5.67. The van der Waals surface area contributed by atoms with Crippen LogP contribution in [0.2, 0.25) is 0 Å². The Balaban J connectivity index is 1.78. The highest BCUT2D eigenvalue weighted by molar-refractivity contribution is 5.98. The Morgan fingerprint density at radius 3 is 2.54 bits per heavy atom. The van der Waals surface area contributed by atoms with E-state index in [1.54, 1.807) is 44.3 Å². The zero-order valence-corrected chi connectivity index (χ0v) is 13.9. The van der Waals surface area contributed by atoms with Gasteiger partial charge in [0.25, 0.3) is 0 Å². The number of oxazole rings is 1. The van der Waals surface area contributed by atoms with E-state index in [1.807, 2.05) is 0 Å². The lowest BCUT2D eigenvalue weighted by Crippen LogP contribution is -2.21. The van der Waals surface area contributed by atoms with Gasteiger partial charge in [0, 0.05) is 18.8 Å². The number of carbonyl (C=O) groups is 1. The van der Waals surface area contributed by atoms with Gasteiger partial charge in [-0.2, -0.15) is 5.10 Å². The van der Waals surface area contributed by atoms with Gasteiger partial charge in [-0.15, -0.1) is 0 Å². The summed E-state index contributed by atoms with van der Waals surface area (Å²) in [5.74, 6) is -0.332. The van der Waals surface area contributed by atoms with Crippen molar-refractivity contribution in [1.82, 2.24) is 24.3 Å². The highest BCUT2D eigenvalue weighted by atomic mass is 16.4. The summed E-state index contributed by atoms with van der Waals surface area (Å²) in [5.41, 5.74) is 1.42. The summed E-state index contributed by atoms with van der Waals surface area (Å²) < 4.78 is 8.36. The SMILES string of the molecule is Cc1nn(C)c(=O)n1-c1ccc(-c2nc3ccnc(C(=O)O)c3o2)cc1. The third kappa shape index (κ3) is 2.37.